The highest BCUT2D eigenvalue weighted by molar-refractivity contribution is 5.78. The molecule has 0 atom stereocenters. The Kier molecular flexibility index (Phi) is 7.07. The topological polar surface area (TPSA) is 30.0 Å². The molecule has 4 rings (SSSR count). The minimum absolute atomic E-state index is 0.370. The Morgan fingerprint density at radius 1 is 0.593 bits per heavy atom. The number of nitrogens with zero attached hydrogens (tertiary/aromatic N) is 4. The summed E-state index contributed by atoms with van der Waals surface area (Å²) in [6.07, 6.45) is 13.6. The number of amides is 1. The van der Waals surface area contributed by atoms with Crippen molar-refractivity contribution >= 4 is 5.91 Å². The van der Waals surface area contributed by atoms with Crippen LogP contribution < -0.4 is 0 Å². The summed E-state index contributed by atoms with van der Waals surface area (Å²) in [6.45, 7) is 9.53. The second kappa shape index (κ2) is 9.71. The van der Waals surface area contributed by atoms with Crippen LogP contribution in [0.1, 0.15) is 64.2 Å². The lowest BCUT2D eigenvalue weighted by Crippen LogP contribution is -2.54. The first kappa shape index (κ1) is 19.7. The highest BCUT2D eigenvalue weighted by Gasteiger charge is 2.30. The van der Waals surface area contributed by atoms with Crippen LogP contribution in [0.4, 0.5) is 0 Å². The molecule has 4 fully saturated rings. The summed E-state index contributed by atoms with van der Waals surface area (Å²) in [6, 6.07) is 1.57. The molecule has 5 nitrogen and oxygen atoms in total. The van der Waals surface area contributed by atoms with Gasteiger partial charge in [-0.1, -0.05) is 25.7 Å². The fourth-order valence-corrected chi connectivity index (χ4v) is 5.80. The van der Waals surface area contributed by atoms with Gasteiger partial charge in [0.25, 0.3) is 0 Å². The van der Waals surface area contributed by atoms with E-state index in [4.69, 9.17) is 0 Å². The van der Waals surface area contributed by atoms with Crippen LogP contribution >= 0.6 is 0 Å². The Morgan fingerprint density at radius 3 is 1.78 bits per heavy atom. The molecule has 3 aliphatic heterocycles. The number of piperazine rings is 1. The molecule has 0 bridgehead atoms. The van der Waals surface area contributed by atoms with Gasteiger partial charge >= 0.3 is 0 Å². The Hall–Kier alpha value is -0.650. The van der Waals surface area contributed by atoms with Crippen molar-refractivity contribution in [2.45, 2.75) is 76.3 Å². The molecule has 0 unspecified atom stereocenters. The number of carbonyl (C=O) groups is 1. The third-order valence-corrected chi connectivity index (χ3v) is 7.58. The molecule has 0 N–H and O–H groups in total. The fraction of sp³-hybridized carbons (Fsp3) is 0.955. The van der Waals surface area contributed by atoms with E-state index < -0.39 is 0 Å². The lowest BCUT2D eigenvalue weighted by atomic mass is 10.0. The number of likely N-dealkylation sites (tertiary alicyclic amines) is 2. The molecule has 0 aromatic rings. The summed E-state index contributed by atoms with van der Waals surface area (Å²) in [5, 5.41) is 0. The third-order valence-electron chi connectivity index (χ3n) is 7.58. The average molecular weight is 377 g/mol. The van der Waals surface area contributed by atoms with Crippen molar-refractivity contribution in [3.8, 4) is 0 Å². The van der Waals surface area contributed by atoms with Crippen LogP contribution in [-0.2, 0) is 4.79 Å². The van der Waals surface area contributed by atoms with E-state index in [1.165, 1.54) is 77.3 Å². The zero-order chi connectivity index (χ0) is 18.5. The van der Waals surface area contributed by atoms with Gasteiger partial charge in [0.15, 0.2) is 0 Å². The van der Waals surface area contributed by atoms with Crippen LogP contribution in [0, 0.1) is 0 Å². The standard InChI is InChI=1S/C22H40N4O/c27-22(26-17-15-25(16-18-26)20-7-3-4-8-20)19-23-13-9-21(10-14-23)24-11-5-1-2-6-12-24/h20-21H,1-19H2. The van der Waals surface area contributed by atoms with E-state index in [0.717, 1.165) is 51.4 Å². The maximum absolute atomic E-state index is 12.8. The summed E-state index contributed by atoms with van der Waals surface area (Å²) >= 11 is 0. The first-order valence-corrected chi connectivity index (χ1v) is 11.8. The normalized spacial score (nSPS) is 28.5. The van der Waals surface area contributed by atoms with E-state index >= 15 is 0 Å². The van der Waals surface area contributed by atoms with Gasteiger partial charge in [0.05, 0.1) is 6.54 Å². The van der Waals surface area contributed by atoms with Gasteiger partial charge in [0.2, 0.25) is 5.91 Å². The summed E-state index contributed by atoms with van der Waals surface area (Å²) in [5.74, 6) is 0.370. The predicted octanol–water partition coefficient (Wildman–Crippen LogP) is 2.41. The van der Waals surface area contributed by atoms with E-state index in [1.54, 1.807) is 0 Å². The molecule has 1 saturated carbocycles. The molecular formula is C22H40N4O. The zero-order valence-corrected chi connectivity index (χ0v) is 17.3. The maximum atomic E-state index is 12.8. The van der Waals surface area contributed by atoms with E-state index in [2.05, 4.69) is 19.6 Å². The Balaban J connectivity index is 1.16. The van der Waals surface area contributed by atoms with Crippen LogP contribution in [0.15, 0.2) is 0 Å². The van der Waals surface area contributed by atoms with Crippen molar-refractivity contribution in [2.75, 3.05) is 58.9 Å². The molecule has 3 heterocycles. The van der Waals surface area contributed by atoms with Gasteiger partial charge in [0, 0.05) is 51.4 Å². The summed E-state index contributed by atoms with van der Waals surface area (Å²) in [5.41, 5.74) is 0. The Morgan fingerprint density at radius 2 is 1.15 bits per heavy atom. The van der Waals surface area contributed by atoms with Crippen LogP contribution in [0.2, 0.25) is 0 Å². The van der Waals surface area contributed by atoms with Crippen LogP contribution in [0.25, 0.3) is 0 Å². The second-order valence-electron chi connectivity index (χ2n) is 9.31. The van der Waals surface area contributed by atoms with Crippen molar-refractivity contribution in [1.82, 2.24) is 19.6 Å². The zero-order valence-electron chi connectivity index (χ0n) is 17.3. The number of hydrogen-bond donors (Lipinski definition) is 0. The molecule has 0 radical (unpaired) electrons. The molecule has 0 aromatic heterocycles. The van der Waals surface area contributed by atoms with Crippen molar-refractivity contribution in [3.63, 3.8) is 0 Å². The second-order valence-corrected chi connectivity index (χ2v) is 9.31. The van der Waals surface area contributed by atoms with Gasteiger partial charge in [-0.25, -0.2) is 0 Å². The molecule has 1 aliphatic carbocycles. The number of hydrogen-bond acceptors (Lipinski definition) is 4. The molecule has 27 heavy (non-hydrogen) atoms. The fourth-order valence-electron chi connectivity index (χ4n) is 5.80. The molecule has 4 aliphatic rings. The molecule has 5 heteroatoms. The molecular weight excluding hydrogens is 336 g/mol. The summed E-state index contributed by atoms with van der Waals surface area (Å²) < 4.78 is 0. The molecule has 0 spiro atoms. The van der Waals surface area contributed by atoms with E-state index in [-0.39, 0.29) is 0 Å². The minimum atomic E-state index is 0.370. The average Bonchev–Trinajstić information content (AvgIpc) is 3.11. The molecule has 0 aromatic carbocycles. The Bertz CT molecular complexity index is 455. The SMILES string of the molecule is O=C(CN1CCC(N2CCCCCC2)CC1)N1CCN(C2CCCC2)CC1. The van der Waals surface area contributed by atoms with Gasteiger partial charge in [0.1, 0.15) is 0 Å². The quantitative estimate of drug-likeness (QED) is 0.754. The van der Waals surface area contributed by atoms with Gasteiger partial charge in [-0.2, -0.15) is 0 Å². The van der Waals surface area contributed by atoms with Crippen LogP contribution in [-0.4, -0.2) is 96.5 Å². The molecule has 3 saturated heterocycles. The van der Waals surface area contributed by atoms with Crippen LogP contribution in [0.5, 0.6) is 0 Å². The van der Waals surface area contributed by atoms with E-state index in [9.17, 15) is 4.79 Å². The van der Waals surface area contributed by atoms with Gasteiger partial charge in [-0.05, 0) is 51.6 Å². The number of carbonyl (C=O) groups excluding carboxylic acids is 1. The Labute approximate surface area is 166 Å². The lowest BCUT2D eigenvalue weighted by molar-refractivity contribution is -0.134. The summed E-state index contributed by atoms with van der Waals surface area (Å²) in [4.78, 5) is 22.7. The molecule has 1 amide bonds. The third kappa shape index (κ3) is 5.24. The van der Waals surface area contributed by atoms with Crippen molar-refractivity contribution in [1.29, 1.82) is 0 Å². The highest BCUT2D eigenvalue weighted by atomic mass is 16.2. The summed E-state index contributed by atoms with van der Waals surface area (Å²) in [7, 11) is 0. The van der Waals surface area contributed by atoms with Crippen molar-refractivity contribution < 1.29 is 4.79 Å². The predicted molar refractivity (Wildman–Crippen MR) is 110 cm³/mol. The van der Waals surface area contributed by atoms with E-state index in [0.29, 0.717) is 12.5 Å². The van der Waals surface area contributed by atoms with Gasteiger partial charge < -0.3 is 9.80 Å². The monoisotopic (exact) mass is 376 g/mol. The van der Waals surface area contributed by atoms with Crippen molar-refractivity contribution in [2.24, 2.45) is 0 Å². The van der Waals surface area contributed by atoms with Crippen molar-refractivity contribution in [3.05, 3.63) is 0 Å². The first-order chi connectivity index (χ1) is 13.3. The first-order valence-electron chi connectivity index (χ1n) is 11.8. The molecule has 154 valence electrons. The lowest BCUT2D eigenvalue weighted by Gasteiger charge is -2.40. The number of piperidine rings is 1. The highest BCUT2D eigenvalue weighted by Crippen LogP contribution is 2.24. The van der Waals surface area contributed by atoms with E-state index in [1.807, 2.05) is 0 Å². The maximum Gasteiger partial charge on any atom is 0.236 e. The minimum Gasteiger partial charge on any atom is -0.339 e. The number of rotatable bonds is 4. The van der Waals surface area contributed by atoms with Gasteiger partial charge in [-0.3, -0.25) is 14.6 Å². The smallest absolute Gasteiger partial charge is 0.236 e. The van der Waals surface area contributed by atoms with Gasteiger partial charge in [-0.15, -0.1) is 0 Å². The van der Waals surface area contributed by atoms with Crippen LogP contribution in [0.3, 0.4) is 0 Å². The largest absolute Gasteiger partial charge is 0.339 e.